The van der Waals surface area contributed by atoms with Gasteiger partial charge in [-0.3, -0.25) is 11.3 Å². The minimum absolute atomic E-state index is 0.175. The molecule has 0 spiro atoms. The van der Waals surface area contributed by atoms with Crippen molar-refractivity contribution < 1.29 is 4.39 Å². The largest absolute Gasteiger partial charge is 0.271 e. The van der Waals surface area contributed by atoms with Crippen LogP contribution in [0.15, 0.2) is 18.2 Å². The number of nitrogens with one attached hydrogen (secondary N) is 1. The molecule has 0 radical (unpaired) electrons. The normalized spacial score (nSPS) is 22.3. The lowest BCUT2D eigenvalue weighted by atomic mass is 9.95. The van der Waals surface area contributed by atoms with Gasteiger partial charge in [0.1, 0.15) is 5.82 Å². The molecule has 19 heavy (non-hydrogen) atoms. The molecule has 0 amide bonds. The fourth-order valence-corrected chi connectivity index (χ4v) is 3.62. The molecule has 0 aromatic heterocycles. The molecule has 3 heteroatoms. The van der Waals surface area contributed by atoms with Gasteiger partial charge in [-0.05, 0) is 53.4 Å². The summed E-state index contributed by atoms with van der Waals surface area (Å²) in [5.41, 5.74) is 5.65. The third-order valence-electron chi connectivity index (χ3n) is 5.50. The van der Waals surface area contributed by atoms with Crippen LogP contribution >= 0.6 is 0 Å². The maximum absolute atomic E-state index is 13.4. The summed E-state index contributed by atoms with van der Waals surface area (Å²) < 4.78 is 13.4. The first kappa shape index (κ1) is 14.5. The molecular formula is C16H25FN2. The zero-order valence-corrected chi connectivity index (χ0v) is 12.5. The van der Waals surface area contributed by atoms with Crippen LogP contribution in [-0.2, 0) is 6.42 Å². The second kappa shape index (κ2) is 4.57. The maximum Gasteiger partial charge on any atom is 0.123 e. The van der Waals surface area contributed by atoms with Crippen molar-refractivity contribution in [2.75, 3.05) is 0 Å². The van der Waals surface area contributed by atoms with Crippen molar-refractivity contribution in [2.45, 2.75) is 47.1 Å². The average Bonchev–Trinajstić information content (AvgIpc) is 2.72. The van der Waals surface area contributed by atoms with Crippen molar-refractivity contribution in [1.29, 1.82) is 0 Å². The Kier molecular flexibility index (Phi) is 3.48. The van der Waals surface area contributed by atoms with Crippen molar-refractivity contribution in [3.05, 3.63) is 35.1 Å². The average molecular weight is 264 g/mol. The van der Waals surface area contributed by atoms with E-state index in [0.29, 0.717) is 5.92 Å². The molecule has 2 nitrogen and oxygen atoms in total. The van der Waals surface area contributed by atoms with Gasteiger partial charge < -0.3 is 0 Å². The minimum Gasteiger partial charge on any atom is -0.271 e. The van der Waals surface area contributed by atoms with Crippen LogP contribution in [0.25, 0.3) is 0 Å². The van der Waals surface area contributed by atoms with E-state index in [9.17, 15) is 4.39 Å². The number of aryl methyl sites for hydroxylation is 1. The molecule has 0 saturated heterocycles. The Bertz CT molecular complexity index is 466. The molecule has 1 aromatic carbocycles. The van der Waals surface area contributed by atoms with Crippen molar-refractivity contribution in [2.24, 2.45) is 22.6 Å². The van der Waals surface area contributed by atoms with Crippen molar-refractivity contribution in [3.8, 4) is 0 Å². The Hall–Kier alpha value is -0.930. The Labute approximate surface area is 115 Å². The highest BCUT2D eigenvalue weighted by Crippen LogP contribution is 2.69. The summed E-state index contributed by atoms with van der Waals surface area (Å²) in [4.78, 5) is 0. The molecule has 1 aliphatic rings. The summed E-state index contributed by atoms with van der Waals surface area (Å²) in [5, 5.41) is 0. The first-order valence-electron chi connectivity index (χ1n) is 6.93. The van der Waals surface area contributed by atoms with Crippen molar-refractivity contribution >= 4 is 0 Å². The van der Waals surface area contributed by atoms with Gasteiger partial charge in [0, 0.05) is 6.04 Å². The van der Waals surface area contributed by atoms with Crippen LogP contribution in [0.4, 0.5) is 4.39 Å². The van der Waals surface area contributed by atoms with Gasteiger partial charge in [0.2, 0.25) is 0 Å². The third-order valence-corrected chi connectivity index (χ3v) is 5.50. The highest BCUT2D eigenvalue weighted by atomic mass is 19.1. The summed E-state index contributed by atoms with van der Waals surface area (Å²) in [5.74, 6) is 6.08. The fourth-order valence-electron chi connectivity index (χ4n) is 3.62. The number of hydrazine groups is 1. The van der Waals surface area contributed by atoms with Crippen LogP contribution in [0.2, 0.25) is 0 Å². The van der Waals surface area contributed by atoms with Crippen molar-refractivity contribution in [1.82, 2.24) is 5.43 Å². The highest BCUT2D eigenvalue weighted by Gasteiger charge is 2.66. The first-order chi connectivity index (χ1) is 8.71. The monoisotopic (exact) mass is 264 g/mol. The number of hydrogen-bond donors (Lipinski definition) is 2. The molecule has 0 bridgehead atoms. The van der Waals surface area contributed by atoms with Crippen LogP contribution in [0.5, 0.6) is 0 Å². The Morgan fingerprint density at radius 3 is 2.32 bits per heavy atom. The zero-order chi connectivity index (χ0) is 14.4. The number of hydrogen-bond acceptors (Lipinski definition) is 2. The minimum atomic E-state index is -0.175. The van der Waals surface area contributed by atoms with Gasteiger partial charge >= 0.3 is 0 Å². The molecule has 1 saturated carbocycles. The predicted molar refractivity (Wildman–Crippen MR) is 77.0 cm³/mol. The van der Waals surface area contributed by atoms with E-state index in [1.54, 1.807) is 6.07 Å². The Morgan fingerprint density at radius 2 is 1.84 bits per heavy atom. The van der Waals surface area contributed by atoms with Crippen molar-refractivity contribution in [3.63, 3.8) is 0 Å². The number of nitrogens with two attached hydrogens (primary N) is 1. The van der Waals surface area contributed by atoms with E-state index in [-0.39, 0.29) is 22.7 Å². The van der Waals surface area contributed by atoms with Crippen LogP contribution in [0, 0.1) is 29.5 Å². The van der Waals surface area contributed by atoms with Gasteiger partial charge in [0.05, 0.1) is 0 Å². The van der Waals surface area contributed by atoms with Gasteiger partial charge in [0.25, 0.3) is 0 Å². The van der Waals surface area contributed by atoms with Gasteiger partial charge in [-0.2, -0.15) is 0 Å². The van der Waals surface area contributed by atoms with E-state index in [2.05, 4.69) is 33.1 Å². The molecular weight excluding hydrogens is 239 g/mol. The summed E-state index contributed by atoms with van der Waals surface area (Å²) in [6, 6.07) is 5.16. The van der Waals surface area contributed by atoms with Crippen LogP contribution in [0.1, 0.15) is 38.8 Å². The van der Waals surface area contributed by atoms with Crippen LogP contribution < -0.4 is 11.3 Å². The maximum atomic E-state index is 13.4. The summed E-state index contributed by atoms with van der Waals surface area (Å²) in [6.45, 7) is 11.1. The Morgan fingerprint density at radius 1 is 1.26 bits per heavy atom. The van der Waals surface area contributed by atoms with Gasteiger partial charge in [-0.1, -0.05) is 33.8 Å². The van der Waals surface area contributed by atoms with E-state index < -0.39 is 0 Å². The van der Waals surface area contributed by atoms with E-state index in [1.165, 1.54) is 6.07 Å². The first-order valence-corrected chi connectivity index (χ1v) is 6.93. The summed E-state index contributed by atoms with van der Waals surface area (Å²) in [6.07, 6.45) is 0.775. The molecule has 1 aromatic rings. The predicted octanol–water partition coefficient (Wildman–Crippen LogP) is 3.19. The summed E-state index contributed by atoms with van der Waals surface area (Å²) in [7, 11) is 0. The molecule has 1 aliphatic carbocycles. The number of halogens is 1. The van der Waals surface area contributed by atoms with Gasteiger partial charge in [-0.15, -0.1) is 0 Å². The number of rotatable bonds is 4. The van der Waals surface area contributed by atoms with Crippen LogP contribution in [0.3, 0.4) is 0 Å². The molecule has 106 valence electrons. The number of benzene rings is 1. The SMILES string of the molecule is Cc1ccc(F)cc1CC(NN)C1C(C)(C)C1(C)C. The quantitative estimate of drug-likeness (QED) is 0.647. The lowest BCUT2D eigenvalue weighted by molar-refractivity contribution is 0.401. The Balaban J connectivity index is 2.20. The lowest BCUT2D eigenvalue weighted by Gasteiger charge is -2.19. The highest BCUT2D eigenvalue weighted by molar-refractivity contribution is 5.29. The second-order valence-corrected chi connectivity index (χ2v) is 6.97. The molecule has 0 heterocycles. The second-order valence-electron chi connectivity index (χ2n) is 6.97. The van der Waals surface area contributed by atoms with E-state index >= 15 is 0 Å². The molecule has 1 fully saturated rings. The molecule has 2 rings (SSSR count). The molecule has 1 atom stereocenters. The third kappa shape index (κ3) is 2.30. The standard InChI is InChI=1S/C16H25FN2/c1-10-6-7-12(17)8-11(10)9-13(19-18)14-15(2,3)16(14,4)5/h6-8,13-14,19H,9,18H2,1-5H3. The van der Waals surface area contributed by atoms with Gasteiger partial charge in [0.15, 0.2) is 0 Å². The fraction of sp³-hybridized carbons (Fsp3) is 0.625. The molecule has 0 aliphatic heterocycles. The topological polar surface area (TPSA) is 38.0 Å². The van der Waals surface area contributed by atoms with E-state index in [0.717, 1.165) is 17.5 Å². The van der Waals surface area contributed by atoms with E-state index in [1.807, 2.05) is 13.0 Å². The smallest absolute Gasteiger partial charge is 0.123 e. The molecule has 3 N–H and O–H groups in total. The zero-order valence-electron chi connectivity index (χ0n) is 12.5. The lowest BCUT2D eigenvalue weighted by Crippen LogP contribution is -2.40. The van der Waals surface area contributed by atoms with Crippen LogP contribution in [-0.4, -0.2) is 6.04 Å². The summed E-state index contributed by atoms with van der Waals surface area (Å²) >= 11 is 0. The molecule has 1 unspecified atom stereocenters. The van der Waals surface area contributed by atoms with E-state index in [4.69, 9.17) is 5.84 Å². The van der Waals surface area contributed by atoms with Gasteiger partial charge in [-0.25, -0.2) is 4.39 Å².